The standard InChI is InChI=1S/C8H6ClNO4S/c1-14-6-2-3-8(7(9)4-6)15(12,13)10-5-11/h2-4H,1H3. The molecule has 0 aromatic heterocycles. The van der Waals surface area contributed by atoms with Gasteiger partial charge in [0.05, 0.1) is 12.1 Å². The van der Waals surface area contributed by atoms with Gasteiger partial charge in [-0.25, -0.2) is 4.79 Å². The maximum absolute atomic E-state index is 11.3. The van der Waals surface area contributed by atoms with Gasteiger partial charge < -0.3 is 4.74 Å². The molecule has 0 unspecified atom stereocenters. The third-order valence-electron chi connectivity index (χ3n) is 1.57. The maximum Gasteiger partial charge on any atom is 0.294 e. The van der Waals surface area contributed by atoms with Crippen molar-refractivity contribution in [3.05, 3.63) is 23.2 Å². The van der Waals surface area contributed by atoms with Crippen LogP contribution in [-0.2, 0) is 14.8 Å². The summed E-state index contributed by atoms with van der Waals surface area (Å²) in [7, 11) is -2.63. The first-order chi connectivity index (χ1) is 7.01. The molecule has 0 saturated heterocycles. The molecule has 0 aliphatic heterocycles. The average molecular weight is 248 g/mol. The minimum absolute atomic E-state index is 0.0617. The number of hydrogen-bond donors (Lipinski definition) is 0. The number of carbonyl (C=O) groups excluding carboxylic acids is 1. The van der Waals surface area contributed by atoms with Gasteiger partial charge in [0.1, 0.15) is 10.6 Å². The number of halogens is 1. The van der Waals surface area contributed by atoms with Crippen LogP contribution in [0.25, 0.3) is 0 Å². The highest BCUT2D eigenvalue weighted by molar-refractivity contribution is 7.90. The Labute approximate surface area is 91.4 Å². The monoisotopic (exact) mass is 247 g/mol. The average Bonchev–Trinajstić information content (AvgIpc) is 2.17. The zero-order chi connectivity index (χ0) is 11.5. The highest BCUT2D eigenvalue weighted by Gasteiger charge is 2.17. The van der Waals surface area contributed by atoms with Crippen molar-refractivity contribution in [2.45, 2.75) is 4.90 Å². The number of benzene rings is 1. The van der Waals surface area contributed by atoms with E-state index in [4.69, 9.17) is 16.3 Å². The molecule has 5 nitrogen and oxygen atoms in total. The summed E-state index contributed by atoms with van der Waals surface area (Å²) in [6, 6.07) is 3.92. The maximum atomic E-state index is 11.3. The molecule has 0 heterocycles. The summed E-state index contributed by atoms with van der Waals surface area (Å²) in [5.41, 5.74) is 0. The summed E-state index contributed by atoms with van der Waals surface area (Å²) in [6.07, 6.45) is 0.959. The quantitative estimate of drug-likeness (QED) is 0.597. The number of ether oxygens (including phenoxy) is 1. The van der Waals surface area contributed by atoms with Gasteiger partial charge in [0.2, 0.25) is 0 Å². The lowest BCUT2D eigenvalue weighted by Gasteiger charge is -2.03. The van der Waals surface area contributed by atoms with E-state index in [-0.39, 0.29) is 9.92 Å². The van der Waals surface area contributed by atoms with Crippen molar-refractivity contribution in [1.82, 2.24) is 0 Å². The molecule has 0 aliphatic carbocycles. The summed E-state index contributed by atoms with van der Waals surface area (Å²) in [5, 5.41) is -0.0617. The van der Waals surface area contributed by atoms with Crippen molar-refractivity contribution in [2.75, 3.05) is 7.11 Å². The lowest BCUT2D eigenvalue weighted by atomic mass is 10.3. The van der Waals surface area contributed by atoms with Gasteiger partial charge >= 0.3 is 0 Å². The van der Waals surface area contributed by atoms with Crippen LogP contribution in [0, 0.1) is 0 Å². The van der Waals surface area contributed by atoms with Crippen LogP contribution in [0.15, 0.2) is 27.5 Å². The molecule has 0 atom stereocenters. The second-order valence-electron chi connectivity index (χ2n) is 2.45. The Hall–Kier alpha value is -1.36. The van der Waals surface area contributed by atoms with E-state index >= 15 is 0 Å². The molecule has 80 valence electrons. The van der Waals surface area contributed by atoms with Crippen molar-refractivity contribution >= 4 is 27.7 Å². The first kappa shape index (κ1) is 11.7. The van der Waals surface area contributed by atoms with E-state index in [0.717, 1.165) is 6.08 Å². The van der Waals surface area contributed by atoms with Gasteiger partial charge in [-0.3, -0.25) is 0 Å². The Morgan fingerprint density at radius 3 is 2.60 bits per heavy atom. The molecule has 0 bridgehead atoms. The molecule has 0 amide bonds. The van der Waals surface area contributed by atoms with Crippen LogP contribution in [0.3, 0.4) is 0 Å². The van der Waals surface area contributed by atoms with E-state index < -0.39 is 10.0 Å². The zero-order valence-electron chi connectivity index (χ0n) is 7.60. The van der Waals surface area contributed by atoms with Crippen LogP contribution >= 0.6 is 11.6 Å². The van der Waals surface area contributed by atoms with Gasteiger partial charge in [0.15, 0.2) is 0 Å². The number of methoxy groups -OCH3 is 1. The SMILES string of the molecule is COc1ccc(S(=O)(=O)N=C=O)c(Cl)c1. The van der Waals surface area contributed by atoms with E-state index in [1.165, 1.54) is 25.3 Å². The highest BCUT2D eigenvalue weighted by Crippen LogP contribution is 2.26. The Morgan fingerprint density at radius 2 is 2.13 bits per heavy atom. The van der Waals surface area contributed by atoms with Gasteiger partial charge in [-0.05, 0) is 12.1 Å². The molecule has 1 rings (SSSR count). The second kappa shape index (κ2) is 4.44. The minimum Gasteiger partial charge on any atom is -0.497 e. The van der Waals surface area contributed by atoms with Gasteiger partial charge in [0.25, 0.3) is 16.1 Å². The lowest BCUT2D eigenvalue weighted by Crippen LogP contribution is -1.97. The Kier molecular flexibility index (Phi) is 3.47. The molecule has 1 aromatic carbocycles. The molecule has 0 fully saturated rings. The molecular weight excluding hydrogens is 242 g/mol. The smallest absolute Gasteiger partial charge is 0.294 e. The predicted molar refractivity (Wildman–Crippen MR) is 53.3 cm³/mol. The number of nitrogens with zero attached hydrogens (tertiary/aromatic N) is 1. The van der Waals surface area contributed by atoms with Crippen molar-refractivity contribution in [2.24, 2.45) is 4.40 Å². The van der Waals surface area contributed by atoms with E-state index in [1.807, 2.05) is 0 Å². The Balaban J connectivity index is 3.34. The normalized spacial score (nSPS) is 10.5. The summed E-state index contributed by atoms with van der Waals surface area (Å²) in [4.78, 5) is 9.63. The van der Waals surface area contributed by atoms with Crippen LogP contribution in [0.1, 0.15) is 0 Å². The van der Waals surface area contributed by atoms with Gasteiger partial charge in [-0.1, -0.05) is 16.0 Å². The summed E-state index contributed by atoms with van der Waals surface area (Å²) in [6.45, 7) is 0. The fourth-order valence-electron chi connectivity index (χ4n) is 0.916. The van der Waals surface area contributed by atoms with Crippen molar-refractivity contribution in [1.29, 1.82) is 0 Å². The fourth-order valence-corrected chi connectivity index (χ4v) is 2.12. The molecule has 0 saturated carbocycles. The number of rotatable bonds is 3. The molecule has 1 aromatic rings. The molecule has 15 heavy (non-hydrogen) atoms. The summed E-state index contributed by atoms with van der Waals surface area (Å²) in [5.74, 6) is 0.411. The van der Waals surface area contributed by atoms with Crippen LogP contribution in [0.2, 0.25) is 5.02 Å². The molecular formula is C8H6ClNO4S. The van der Waals surface area contributed by atoms with Gasteiger partial charge in [-0.15, -0.1) is 0 Å². The topological polar surface area (TPSA) is 72.8 Å². The third-order valence-corrected chi connectivity index (χ3v) is 3.23. The van der Waals surface area contributed by atoms with E-state index in [0.29, 0.717) is 5.75 Å². The van der Waals surface area contributed by atoms with Crippen molar-refractivity contribution in [3.8, 4) is 5.75 Å². The molecule has 7 heteroatoms. The van der Waals surface area contributed by atoms with Crippen LogP contribution in [0.4, 0.5) is 0 Å². The zero-order valence-corrected chi connectivity index (χ0v) is 9.17. The van der Waals surface area contributed by atoms with Crippen LogP contribution in [0.5, 0.6) is 5.75 Å². The van der Waals surface area contributed by atoms with E-state index in [1.54, 1.807) is 0 Å². The largest absolute Gasteiger partial charge is 0.497 e. The molecule has 0 radical (unpaired) electrons. The van der Waals surface area contributed by atoms with Gasteiger partial charge in [0, 0.05) is 6.07 Å². The minimum atomic E-state index is -4.05. The first-order valence-electron chi connectivity index (χ1n) is 3.69. The Morgan fingerprint density at radius 1 is 1.47 bits per heavy atom. The summed E-state index contributed by atoms with van der Waals surface area (Å²) < 4.78 is 30.1. The van der Waals surface area contributed by atoms with E-state index in [2.05, 4.69) is 4.40 Å². The second-order valence-corrected chi connectivity index (χ2v) is 4.43. The molecule has 0 N–H and O–H groups in total. The fraction of sp³-hybridized carbons (Fsp3) is 0.125. The van der Waals surface area contributed by atoms with Crippen molar-refractivity contribution < 1.29 is 17.9 Å². The lowest BCUT2D eigenvalue weighted by molar-refractivity contribution is 0.414. The molecule has 0 spiro atoms. The number of isocyanates is 1. The van der Waals surface area contributed by atoms with Gasteiger partial charge in [-0.2, -0.15) is 8.42 Å². The van der Waals surface area contributed by atoms with Crippen LogP contribution < -0.4 is 4.74 Å². The van der Waals surface area contributed by atoms with Crippen molar-refractivity contribution in [3.63, 3.8) is 0 Å². The molecule has 0 aliphatic rings. The highest BCUT2D eigenvalue weighted by atomic mass is 35.5. The van der Waals surface area contributed by atoms with E-state index in [9.17, 15) is 13.2 Å². The Bertz CT molecular complexity index is 519. The third kappa shape index (κ3) is 2.56. The van der Waals surface area contributed by atoms with Crippen LogP contribution in [-0.4, -0.2) is 21.6 Å². The first-order valence-corrected chi connectivity index (χ1v) is 5.51. The number of hydrogen-bond acceptors (Lipinski definition) is 4. The predicted octanol–water partition coefficient (Wildman–Crippen LogP) is 1.37. The number of sulfonamides is 1. The summed E-state index contributed by atoms with van der Waals surface area (Å²) >= 11 is 5.68.